The summed E-state index contributed by atoms with van der Waals surface area (Å²) in [5, 5.41) is 0.601. The second-order valence-corrected chi connectivity index (χ2v) is 10.1. The third-order valence-electron chi connectivity index (χ3n) is 5.90. The van der Waals surface area contributed by atoms with Crippen molar-refractivity contribution in [2.75, 3.05) is 32.5 Å². The van der Waals surface area contributed by atoms with Crippen molar-refractivity contribution in [1.29, 1.82) is 0 Å². The van der Waals surface area contributed by atoms with E-state index in [1.165, 1.54) is 37.7 Å². The predicted molar refractivity (Wildman–Crippen MR) is 137 cm³/mol. The van der Waals surface area contributed by atoms with Gasteiger partial charge in [0, 0.05) is 37.3 Å². The topological polar surface area (TPSA) is 90.0 Å². The Balaban J connectivity index is 1.48. The number of allylic oxidation sites excluding steroid dienone is 4. The molecule has 0 fully saturated rings. The molecule has 36 heavy (non-hydrogen) atoms. The highest BCUT2D eigenvalue weighted by atomic mass is 32.2. The molecule has 3 aromatic rings. The summed E-state index contributed by atoms with van der Waals surface area (Å²) in [5.74, 6) is 0.863. The van der Waals surface area contributed by atoms with Crippen molar-refractivity contribution >= 4 is 26.8 Å². The van der Waals surface area contributed by atoms with Crippen LogP contribution in [0.2, 0.25) is 0 Å². The van der Waals surface area contributed by atoms with Gasteiger partial charge in [0.2, 0.25) is 0 Å². The quantitative estimate of drug-likeness (QED) is 0.396. The number of halogens is 1. The number of hydrogen-bond donors (Lipinski definition) is 1. The van der Waals surface area contributed by atoms with Gasteiger partial charge in [0.05, 0.1) is 25.4 Å². The summed E-state index contributed by atoms with van der Waals surface area (Å²) in [5.41, 5.74) is 0.677. The van der Waals surface area contributed by atoms with Gasteiger partial charge in [-0.3, -0.25) is 9.71 Å². The molecule has 0 amide bonds. The van der Waals surface area contributed by atoms with Crippen molar-refractivity contribution in [1.82, 2.24) is 9.29 Å². The molecule has 0 radical (unpaired) electrons. The van der Waals surface area contributed by atoms with Crippen LogP contribution in [-0.2, 0) is 10.2 Å². The smallest absolute Gasteiger partial charge is 0.301 e. The number of fused-ring (bicyclic) bond motifs is 1. The Hall–Kier alpha value is -3.63. The zero-order valence-electron chi connectivity index (χ0n) is 20.3. The van der Waals surface area contributed by atoms with Gasteiger partial charge >= 0.3 is 10.2 Å². The van der Waals surface area contributed by atoms with E-state index in [1.54, 1.807) is 24.4 Å². The first kappa shape index (κ1) is 25.5. The maximum absolute atomic E-state index is 14.9. The zero-order chi connectivity index (χ0) is 25.7. The number of hydrogen-bond acceptors (Lipinski definition) is 6. The largest absolute Gasteiger partial charge is 0.493 e. The van der Waals surface area contributed by atoms with E-state index in [-0.39, 0.29) is 11.4 Å². The van der Waals surface area contributed by atoms with Crippen LogP contribution in [-0.4, -0.2) is 45.5 Å². The number of nitrogens with zero attached hydrogens (tertiary/aromatic N) is 2. The Bertz CT molecular complexity index is 1410. The van der Waals surface area contributed by atoms with Gasteiger partial charge in [0.15, 0.2) is 23.1 Å². The minimum atomic E-state index is -3.85. The number of nitrogens with one attached hydrogen (secondary N) is 1. The molecular weight excluding hydrogens is 485 g/mol. The third-order valence-corrected chi connectivity index (χ3v) is 7.40. The van der Waals surface area contributed by atoms with E-state index in [9.17, 15) is 12.8 Å². The molecule has 2 aromatic carbocycles. The van der Waals surface area contributed by atoms with Crippen molar-refractivity contribution in [3.63, 3.8) is 0 Å². The molecule has 0 saturated heterocycles. The van der Waals surface area contributed by atoms with Gasteiger partial charge in [-0.25, -0.2) is 4.39 Å². The van der Waals surface area contributed by atoms with E-state index in [1.807, 2.05) is 12.2 Å². The zero-order valence-corrected chi connectivity index (χ0v) is 21.1. The van der Waals surface area contributed by atoms with E-state index in [4.69, 9.17) is 14.2 Å². The van der Waals surface area contributed by atoms with Gasteiger partial charge in [-0.1, -0.05) is 24.3 Å². The first-order valence-corrected chi connectivity index (χ1v) is 12.8. The standard InChI is InChI=1S/C26H28FN3O5S/c1-30(14-12-18-7-5-4-6-8-18)36(31,32)29-19-9-10-24(21(27)15-19)35-23-11-13-28-22-17-26(34-3)25(33-2)16-20(22)23/h4-7,9-11,13,15-18,29H,8,12,14H2,1-3H3. The van der Waals surface area contributed by atoms with E-state index in [2.05, 4.69) is 21.9 Å². The van der Waals surface area contributed by atoms with Crippen LogP contribution in [0, 0.1) is 11.7 Å². The first-order chi connectivity index (χ1) is 17.3. The fourth-order valence-corrected chi connectivity index (χ4v) is 4.77. The van der Waals surface area contributed by atoms with Crippen LogP contribution in [0.15, 0.2) is 66.9 Å². The number of benzene rings is 2. The van der Waals surface area contributed by atoms with Crippen molar-refractivity contribution in [3.05, 3.63) is 72.7 Å². The summed E-state index contributed by atoms with van der Waals surface area (Å²) < 4.78 is 60.5. The highest BCUT2D eigenvalue weighted by molar-refractivity contribution is 7.90. The molecule has 1 atom stereocenters. The van der Waals surface area contributed by atoms with Crippen molar-refractivity contribution < 1.29 is 27.0 Å². The summed E-state index contributed by atoms with van der Waals surface area (Å²) in [6, 6.07) is 8.92. The molecule has 0 spiro atoms. The summed E-state index contributed by atoms with van der Waals surface area (Å²) in [6.45, 7) is 0.339. The molecule has 10 heteroatoms. The third kappa shape index (κ3) is 5.77. The van der Waals surface area contributed by atoms with Crippen LogP contribution in [0.3, 0.4) is 0 Å². The van der Waals surface area contributed by atoms with Gasteiger partial charge in [-0.05, 0) is 43.0 Å². The normalized spacial score (nSPS) is 15.3. The SMILES string of the molecule is COc1cc2nccc(Oc3ccc(NS(=O)(=O)N(C)CCC4C=CC=CC4)cc3F)c2cc1OC. The molecule has 1 N–H and O–H groups in total. The summed E-state index contributed by atoms with van der Waals surface area (Å²) >= 11 is 0. The van der Waals surface area contributed by atoms with Crippen LogP contribution in [0.4, 0.5) is 10.1 Å². The number of ether oxygens (including phenoxy) is 3. The summed E-state index contributed by atoms with van der Waals surface area (Å²) in [4.78, 5) is 4.31. The van der Waals surface area contributed by atoms with E-state index in [0.29, 0.717) is 47.0 Å². The van der Waals surface area contributed by atoms with Crippen LogP contribution >= 0.6 is 0 Å². The van der Waals surface area contributed by atoms with Gasteiger partial charge in [0.1, 0.15) is 5.75 Å². The molecule has 1 unspecified atom stereocenters. The average Bonchev–Trinajstić information content (AvgIpc) is 2.88. The Morgan fingerprint density at radius 1 is 1.06 bits per heavy atom. The maximum Gasteiger partial charge on any atom is 0.301 e. The average molecular weight is 514 g/mol. The van der Waals surface area contributed by atoms with Gasteiger partial charge in [0.25, 0.3) is 0 Å². The molecule has 0 aliphatic heterocycles. The molecule has 1 heterocycles. The van der Waals surface area contributed by atoms with E-state index >= 15 is 0 Å². The Morgan fingerprint density at radius 3 is 2.53 bits per heavy atom. The van der Waals surface area contributed by atoms with Crippen LogP contribution in [0.5, 0.6) is 23.0 Å². The van der Waals surface area contributed by atoms with Gasteiger partial charge in [-0.15, -0.1) is 0 Å². The predicted octanol–water partition coefficient (Wildman–Crippen LogP) is 5.29. The van der Waals surface area contributed by atoms with Gasteiger partial charge in [-0.2, -0.15) is 12.7 Å². The number of rotatable bonds is 10. The molecule has 1 aliphatic rings. The molecule has 1 aromatic heterocycles. The lowest BCUT2D eigenvalue weighted by molar-refractivity contribution is 0.355. The molecule has 0 saturated carbocycles. The van der Waals surface area contributed by atoms with Crippen LogP contribution in [0.1, 0.15) is 12.8 Å². The molecule has 190 valence electrons. The molecule has 4 rings (SSSR count). The minimum absolute atomic E-state index is 0.0641. The monoisotopic (exact) mass is 513 g/mol. The summed E-state index contributed by atoms with van der Waals surface area (Å²) in [6.07, 6.45) is 11.2. The van der Waals surface area contributed by atoms with E-state index in [0.717, 1.165) is 12.5 Å². The Morgan fingerprint density at radius 2 is 1.83 bits per heavy atom. The lowest BCUT2D eigenvalue weighted by atomic mass is 9.97. The molecule has 1 aliphatic carbocycles. The lowest BCUT2D eigenvalue weighted by Gasteiger charge is -2.21. The van der Waals surface area contributed by atoms with Crippen molar-refractivity contribution in [3.8, 4) is 23.0 Å². The molecular formula is C26H28FN3O5S. The lowest BCUT2D eigenvalue weighted by Crippen LogP contribution is -2.34. The van der Waals surface area contributed by atoms with Crippen LogP contribution < -0.4 is 18.9 Å². The first-order valence-electron chi connectivity index (χ1n) is 11.4. The fourth-order valence-electron chi connectivity index (χ4n) is 3.84. The highest BCUT2D eigenvalue weighted by Crippen LogP contribution is 2.37. The second-order valence-electron chi connectivity index (χ2n) is 8.31. The minimum Gasteiger partial charge on any atom is -0.493 e. The van der Waals surface area contributed by atoms with Crippen LogP contribution in [0.25, 0.3) is 10.9 Å². The highest BCUT2D eigenvalue weighted by Gasteiger charge is 2.20. The number of pyridine rings is 1. The maximum atomic E-state index is 14.9. The van der Waals surface area contributed by atoms with E-state index < -0.39 is 16.0 Å². The molecule has 0 bridgehead atoms. The fraction of sp³-hybridized carbons (Fsp3) is 0.269. The molecule has 8 nitrogen and oxygen atoms in total. The Labute approximate surface area is 210 Å². The summed E-state index contributed by atoms with van der Waals surface area (Å²) in [7, 11) is 0.693. The second kappa shape index (κ2) is 11.0. The Kier molecular flexibility index (Phi) is 7.76. The number of methoxy groups -OCH3 is 2. The van der Waals surface area contributed by atoms with Crippen molar-refractivity contribution in [2.24, 2.45) is 5.92 Å². The van der Waals surface area contributed by atoms with Crippen molar-refractivity contribution in [2.45, 2.75) is 12.8 Å². The number of anilines is 1. The number of aromatic nitrogens is 1. The van der Waals surface area contributed by atoms with Gasteiger partial charge < -0.3 is 14.2 Å².